The molecule has 0 bridgehead atoms. The van der Waals surface area contributed by atoms with E-state index in [4.69, 9.17) is 18.9 Å². The highest BCUT2D eigenvalue weighted by Crippen LogP contribution is 2.74. The zero-order chi connectivity index (χ0) is 33.1. The van der Waals surface area contributed by atoms with Gasteiger partial charge < -0.3 is 24.1 Å². The summed E-state index contributed by atoms with van der Waals surface area (Å²) in [6.07, 6.45) is 6.01. The Morgan fingerprint density at radius 3 is 2.29 bits per heavy atom. The molecule has 8 heteroatoms. The Morgan fingerprint density at radius 2 is 1.69 bits per heavy atom. The molecule has 0 amide bonds. The van der Waals surface area contributed by atoms with Crippen LogP contribution in [0.5, 0.6) is 0 Å². The van der Waals surface area contributed by atoms with Gasteiger partial charge in [-0.25, -0.2) is 4.79 Å². The highest BCUT2D eigenvalue weighted by atomic mass is 16.7. The van der Waals surface area contributed by atoms with E-state index in [0.717, 1.165) is 31.3 Å². The van der Waals surface area contributed by atoms with Crippen molar-refractivity contribution >= 4 is 17.7 Å². The topological polar surface area (TPSA) is 112 Å². The van der Waals surface area contributed by atoms with Crippen LogP contribution < -0.4 is 0 Å². The number of hydrogen-bond acceptors (Lipinski definition) is 8. The first kappa shape index (κ1) is 32.9. The average Bonchev–Trinajstić information content (AvgIpc) is 3.26. The summed E-state index contributed by atoms with van der Waals surface area (Å²) >= 11 is 0. The van der Waals surface area contributed by atoms with Gasteiger partial charge in [-0.15, -0.1) is 0 Å². The smallest absolute Gasteiger partial charge is 0.333 e. The molecule has 12 atom stereocenters. The number of aliphatic hydroxyl groups excluding tert-OH is 1. The van der Waals surface area contributed by atoms with Gasteiger partial charge in [-0.05, 0) is 96.3 Å². The van der Waals surface area contributed by atoms with Crippen molar-refractivity contribution in [2.45, 2.75) is 144 Å². The zero-order valence-corrected chi connectivity index (χ0v) is 28.9. The highest BCUT2D eigenvalue weighted by Gasteiger charge is 2.72. The van der Waals surface area contributed by atoms with Crippen molar-refractivity contribution in [3.05, 3.63) is 23.3 Å². The van der Waals surface area contributed by atoms with E-state index in [1.54, 1.807) is 13.0 Å². The van der Waals surface area contributed by atoms with Gasteiger partial charge in [0.2, 0.25) is 6.29 Å². The van der Waals surface area contributed by atoms with E-state index in [1.807, 2.05) is 20.8 Å². The predicted octanol–water partition coefficient (Wildman–Crippen LogP) is 6.09. The number of ketones is 1. The lowest BCUT2D eigenvalue weighted by Gasteiger charge is -2.66. The Bertz CT molecular complexity index is 1340. The standard InChI is InChI=1S/C37H54O8/c1-11-19(2)31(41)43-25-18-36(9)22(21-16-24(30-34(6,7)45-30)44-32(21)42-20(3)38)14-15-35(36,8)23-12-13-26-33(4,5)27(39)17-28(40)37(26,10)29(23)25/h11,13,21-25,28-30,32,40H,12,14-18H2,1-10H3/b19-11+/t21-,22-,23+,24-,25+,28-,29+,30-,32-,35+,36-,37+/m0/s1. The first-order chi connectivity index (χ1) is 20.8. The molecule has 0 aromatic heterocycles. The second-order valence-electron chi connectivity index (χ2n) is 16.8. The minimum Gasteiger partial charge on any atom is -0.459 e. The largest absolute Gasteiger partial charge is 0.459 e. The van der Waals surface area contributed by atoms with Gasteiger partial charge in [0.25, 0.3) is 0 Å². The Kier molecular flexibility index (Phi) is 7.66. The van der Waals surface area contributed by atoms with Crippen molar-refractivity contribution in [2.24, 2.45) is 45.3 Å². The van der Waals surface area contributed by atoms with Crippen molar-refractivity contribution in [1.82, 2.24) is 0 Å². The van der Waals surface area contributed by atoms with E-state index in [1.165, 1.54) is 6.92 Å². The quantitative estimate of drug-likeness (QED) is 0.169. The van der Waals surface area contributed by atoms with Crippen molar-refractivity contribution in [3.8, 4) is 0 Å². The van der Waals surface area contributed by atoms with Gasteiger partial charge in [-0.1, -0.05) is 38.5 Å². The molecule has 5 fully saturated rings. The molecule has 1 N–H and O–H groups in total. The van der Waals surface area contributed by atoms with E-state index < -0.39 is 29.3 Å². The molecular formula is C37H54O8. The number of carbonyl (C=O) groups excluding carboxylic acids is 3. The summed E-state index contributed by atoms with van der Waals surface area (Å²) in [6, 6.07) is 0. The number of aliphatic hydroxyl groups is 1. The Hall–Kier alpha value is -2.03. The van der Waals surface area contributed by atoms with Crippen molar-refractivity contribution < 1.29 is 38.4 Å². The summed E-state index contributed by atoms with van der Waals surface area (Å²) in [4.78, 5) is 39.0. The summed E-state index contributed by atoms with van der Waals surface area (Å²) < 4.78 is 24.8. The maximum absolute atomic E-state index is 13.5. The van der Waals surface area contributed by atoms with E-state index in [-0.39, 0.29) is 76.5 Å². The minimum atomic E-state index is -0.856. The number of epoxide rings is 1. The van der Waals surface area contributed by atoms with Gasteiger partial charge in [0.05, 0.1) is 17.8 Å². The van der Waals surface area contributed by atoms with Crippen LogP contribution in [0.25, 0.3) is 0 Å². The van der Waals surface area contributed by atoms with Crippen molar-refractivity contribution in [3.63, 3.8) is 0 Å². The van der Waals surface area contributed by atoms with Crippen LogP contribution in [0.3, 0.4) is 0 Å². The lowest BCUT2D eigenvalue weighted by atomic mass is 9.39. The monoisotopic (exact) mass is 626 g/mol. The molecular weight excluding hydrogens is 572 g/mol. The van der Waals surface area contributed by atoms with Gasteiger partial charge in [-0.3, -0.25) is 9.59 Å². The van der Waals surface area contributed by atoms with Gasteiger partial charge in [0.15, 0.2) is 0 Å². The fourth-order valence-corrected chi connectivity index (χ4v) is 11.2. The number of fused-ring (bicyclic) bond motifs is 5. The lowest BCUT2D eigenvalue weighted by Crippen LogP contribution is -2.66. The van der Waals surface area contributed by atoms with Crippen LogP contribution in [-0.2, 0) is 33.3 Å². The zero-order valence-electron chi connectivity index (χ0n) is 28.9. The molecule has 0 spiro atoms. The molecule has 3 saturated carbocycles. The third-order valence-electron chi connectivity index (χ3n) is 14.0. The Morgan fingerprint density at radius 1 is 1.02 bits per heavy atom. The molecule has 2 saturated heterocycles. The summed E-state index contributed by atoms with van der Waals surface area (Å²) in [6.45, 7) is 20.0. The maximum atomic E-state index is 13.5. The average molecular weight is 627 g/mol. The van der Waals surface area contributed by atoms with Gasteiger partial charge in [-0.2, -0.15) is 0 Å². The Labute approximate surface area is 268 Å². The van der Waals surface area contributed by atoms with Crippen molar-refractivity contribution in [1.29, 1.82) is 0 Å². The van der Waals surface area contributed by atoms with Crippen LogP contribution in [0.4, 0.5) is 0 Å². The molecule has 0 aromatic carbocycles. The number of hydrogen-bond donors (Lipinski definition) is 1. The van der Waals surface area contributed by atoms with Crippen LogP contribution in [-0.4, -0.2) is 59.1 Å². The normalized spacial score (nSPS) is 48.1. The van der Waals surface area contributed by atoms with Gasteiger partial charge >= 0.3 is 11.9 Å². The van der Waals surface area contributed by atoms with E-state index in [0.29, 0.717) is 12.0 Å². The van der Waals surface area contributed by atoms with E-state index in [9.17, 15) is 19.5 Å². The first-order valence-corrected chi connectivity index (χ1v) is 17.1. The predicted molar refractivity (Wildman–Crippen MR) is 168 cm³/mol. The van der Waals surface area contributed by atoms with Crippen LogP contribution in [0.1, 0.15) is 108 Å². The maximum Gasteiger partial charge on any atom is 0.333 e. The summed E-state index contributed by atoms with van der Waals surface area (Å²) in [5.74, 6) is -0.520. The molecule has 2 heterocycles. The molecule has 45 heavy (non-hydrogen) atoms. The summed E-state index contributed by atoms with van der Waals surface area (Å²) in [5, 5.41) is 11.8. The van der Waals surface area contributed by atoms with Gasteiger partial charge in [0.1, 0.15) is 18.0 Å². The van der Waals surface area contributed by atoms with E-state index in [2.05, 4.69) is 40.7 Å². The SMILES string of the molecule is C/C=C(\C)C(=O)O[C@@H]1C[C@@]2(C)[C@H]([C@@H]3C[C@@H]([C@@H]4OC4(C)C)O[C@@H]3OC(C)=O)CC[C@]2(C)[C@@H]2CC=C3C(C)(C)C(=O)C[C@H](O)[C@]3(C)[C@H]21. The number of esters is 2. The molecule has 250 valence electrons. The Balaban J connectivity index is 1.43. The third kappa shape index (κ3) is 4.66. The molecule has 8 nitrogen and oxygen atoms in total. The van der Waals surface area contributed by atoms with Crippen LogP contribution >= 0.6 is 0 Å². The number of Topliss-reactive ketones (excluding diaryl/α,β-unsaturated/α-hetero) is 1. The highest BCUT2D eigenvalue weighted by molar-refractivity contribution is 5.90. The molecule has 6 aliphatic rings. The van der Waals surface area contributed by atoms with Gasteiger partial charge in [0, 0.05) is 41.6 Å². The van der Waals surface area contributed by atoms with Crippen molar-refractivity contribution in [2.75, 3.05) is 0 Å². The fourth-order valence-electron chi connectivity index (χ4n) is 11.2. The molecule has 2 aliphatic heterocycles. The number of carbonyl (C=O) groups is 3. The molecule has 0 radical (unpaired) electrons. The fraction of sp³-hybridized carbons (Fsp3) is 0.811. The number of ether oxygens (including phenoxy) is 4. The molecule has 0 unspecified atom stereocenters. The molecule has 4 aliphatic carbocycles. The molecule has 0 aromatic rings. The molecule has 6 rings (SSSR count). The van der Waals surface area contributed by atoms with E-state index >= 15 is 0 Å². The van der Waals surface area contributed by atoms with Crippen LogP contribution in [0, 0.1) is 45.3 Å². The third-order valence-corrected chi connectivity index (χ3v) is 14.0. The first-order valence-electron chi connectivity index (χ1n) is 17.1. The second kappa shape index (κ2) is 10.5. The van der Waals surface area contributed by atoms with Crippen LogP contribution in [0.2, 0.25) is 0 Å². The van der Waals surface area contributed by atoms with Crippen LogP contribution in [0.15, 0.2) is 23.3 Å². The lowest BCUT2D eigenvalue weighted by molar-refractivity contribution is -0.214. The number of allylic oxidation sites excluding steroid dienone is 2. The second-order valence-corrected chi connectivity index (χ2v) is 16.8. The summed E-state index contributed by atoms with van der Waals surface area (Å²) in [5.41, 5.74) is -0.540. The minimum absolute atomic E-state index is 0.0157. The number of rotatable bonds is 5. The summed E-state index contributed by atoms with van der Waals surface area (Å²) in [7, 11) is 0.